The zero-order chi connectivity index (χ0) is 14.0. The second-order valence-corrected chi connectivity index (χ2v) is 5.67. The van der Waals surface area contributed by atoms with E-state index in [2.05, 4.69) is 0 Å². The molecule has 0 unspecified atom stereocenters. The normalized spacial score (nSPS) is 15.8. The molecule has 4 nitrogen and oxygen atoms in total. The Morgan fingerprint density at radius 2 is 2.16 bits per heavy atom. The molecule has 1 aliphatic rings. The minimum Gasteiger partial charge on any atom is -0.491 e. The van der Waals surface area contributed by atoms with Crippen molar-refractivity contribution in [2.24, 2.45) is 0 Å². The van der Waals surface area contributed by atoms with Crippen LogP contribution in [0.1, 0.15) is 32.3 Å². The molecule has 0 bridgehead atoms. The van der Waals surface area contributed by atoms with E-state index in [4.69, 9.17) is 4.74 Å². The SMILES string of the molecule is CN1C(=O)CCOc2ccc(CCC(C)(C)O)cc21. The standard InChI is InChI=1S/C15H21NO3/c1-15(2,18)8-6-11-4-5-13-12(10-11)16(3)14(17)7-9-19-13/h4-5,10,18H,6-9H2,1-3H3. The van der Waals surface area contributed by atoms with Gasteiger partial charge < -0.3 is 14.7 Å². The van der Waals surface area contributed by atoms with Crippen molar-refractivity contribution in [2.75, 3.05) is 18.6 Å². The maximum atomic E-state index is 11.8. The van der Waals surface area contributed by atoms with Crippen LogP contribution in [0.3, 0.4) is 0 Å². The lowest BCUT2D eigenvalue weighted by atomic mass is 9.98. The van der Waals surface area contributed by atoms with E-state index in [1.807, 2.05) is 18.2 Å². The number of hydrogen-bond acceptors (Lipinski definition) is 3. The number of fused-ring (bicyclic) bond motifs is 1. The molecule has 0 aliphatic carbocycles. The van der Waals surface area contributed by atoms with Crippen molar-refractivity contribution in [3.8, 4) is 5.75 Å². The zero-order valence-corrected chi connectivity index (χ0v) is 11.8. The van der Waals surface area contributed by atoms with Gasteiger partial charge in [0.2, 0.25) is 5.91 Å². The number of benzene rings is 1. The highest BCUT2D eigenvalue weighted by atomic mass is 16.5. The van der Waals surface area contributed by atoms with E-state index in [0.29, 0.717) is 19.4 Å². The summed E-state index contributed by atoms with van der Waals surface area (Å²) in [7, 11) is 1.77. The van der Waals surface area contributed by atoms with Crippen molar-refractivity contribution < 1.29 is 14.6 Å². The van der Waals surface area contributed by atoms with E-state index in [9.17, 15) is 9.90 Å². The van der Waals surface area contributed by atoms with Crippen molar-refractivity contribution in [3.05, 3.63) is 23.8 Å². The van der Waals surface area contributed by atoms with Crippen LogP contribution in [0.5, 0.6) is 5.75 Å². The predicted molar refractivity (Wildman–Crippen MR) is 74.6 cm³/mol. The fourth-order valence-electron chi connectivity index (χ4n) is 2.10. The summed E-state index contributed by atoms with van der Waals surface area (Å²) < 4.78 is 5.58. The highest BCUT2D eigenvalue weighted by Crippen LogP contribution is 2.32. The number of carbonyl (C=O) groups excluding carboxylic acids is 1. The van der Waals surface area contributed by atoms with Crippen LogP contribution in [-0.2, 0) is 11.2 Å². The van der Waals surface area contributed by atoms with Crippen LogP contribution in [-0.4, -0.2) is 30.3 Å². The van der Waals surface area contributed by atoms with Gasteiger partial charge in [-0.05, 0) is 44.4 Å². The number of anilines is 1. The molecule has 0 saturated heterocycles. The molecule has 2 rings (SSSR count). The number of hydrogen-bond donors (Lipinski definition) is 1. The van der Waals surface area contributed by atoms with E-state index in [1.54, 1.807) is 25.8 Å². The van der Waals surface area contributed by atoms with Gasteiger partial charge in [-0.2, -0.15) is 0 Å². The summed E-state index contributed by atoms with van der Waals surface area (Å²) in [6.07, 6.45) is 1.87. The number of rotatable bonds is 3. The van der Waals surface area contributed by atoms with Gasteiger partial charge in [-0.15, -0.1) is 0 Å². The van der Waals surface area contributed by atoms with E-state index < -0.39 is 5.60 Å². The molecular weight excluding hydrogens is 242 g/mol. The van der Waals surface area contributed by atoms with Gasteiger partial charge in [0.15, 0.2) is 0 Å². The lowest BCUT2D eigenvalue weighted by molar-refractivity contribution is -0.118. The topological polar surface area (TPSA) is 49.8 Å². The van der Waals surface area contributed by atoms with Crippen molar-refractivity contribution in [1.82, 2.24) is 0 Å². The Morgan fingerprint density at radius 1 is 1.42 bits per heavy atom. The highest BCUT2D eigenvalue weighted by molar-refractivity contribution is 5.95. The molecule has 0 saturated carbocycles. The maximum absolute atomic E-state index is 11.8. The number of ether oxygens (including phenoxy) is 1. The molecule has 0 atom stereocenters. The lowest BCUT2D eigenvalue weighted by Crippen LogP contribution is -2.25. The summed E-state index contributed by atoms with van der Waals surface area (Å²) in [5.41, 5.74) is 1.24. The van der Waals surface area contributed by atoms with Gasteiger partial charge in [0.1, 0.15) is 5.75 Å². The molecule has 4 heteroatoms. The first kappa shape index (κ1) is 13.9. The summed E-state index contributed by atoms with van der Waals surface area (Å²) in [5.74, 6) is 0.818. The van der Waals surface area contributed by atoms with Gasteiger partial charge in [-0.25, -0.2) is 0 Å². The smallest absolute Gasteiger partial charge is 0.230 e. The molecule has 1 heterocycles. The van der Waals surface area contributed by atoms with E-state index in [-0.39, 0.29) is 5.91 Å². The Hall–Kier alpha value is -1.55. The zero-order valence-electron chi connectivity index (χ0n) is 11.8. The number of carbonyl (C=O) groups is 1. The van der Waals surface area contributed by atoms with Crippen LogP contribution >= 0.6 is 0 Å². The quantitative estimate of drug-likeness (QED) is 0.909. The summed E-state index contributed by atoms with van der Waals surface area (Å²) in [6.45, 7) is 4.03. The monoisotopic (exact) mass is 263 g/mol. The largest absolute Gasteiger partial charge is 0.491 e. The van der Waals surface area contributed by atoms with Gasteiger partial charge >= 0.3 is 0 Å². The van der Waals surface area contributed by atoms with Gasteiger partial charge in [-0.1, -0.05) is 6.07 Å². The molecule has 0 fully saturated rings. The Labute approximate surface area is 114 Å². The summed E-state index contributed by atoms with van der Waals surface area (Å²) in [4.78, 5) is 13.5. The number of nitrogens with zero attached hydrogens (tertiary/aromatic N) is 1. The second-order valence-electron chi connectivity index (χ2n) is 5.67. The second kappa shape index (κ2) is 5.21. The number of aliphatic hydroxyl groups is 1. The van der Waals surface area contributed by atoms with Crippen LogP contribution < -0.4 is 9.64 Å². The van der Waals surface area contributed by atoms with Crippen LogP contribution in [0, 0.1) is 0 Å². The Morgan fingerprint density at radius 3 is 2.84 bits per heavy atom. The van der Waals surface area contributed by atoms with E-state index in [1.165, 1.54) is 0 Å². The first-order chi connectivity index (χ1) is 8.87. The molecule has 0 spiro atoms. The van der Waals surface area contributed by atoms with Crippen molar-refractivity contribution in [1.29, 1.82) is 0 Å². The third-order valence-electron chi connectivity index (χ3n) is 3.36. The molecule has 1 aliphatic heterocycles. The summed E-state index contributed by atoms with van der Waals surface area (Å²) in [5, 5.41) is 9.77. The predicted octanol–water partition coefficient (Wildman–Crippen LogP) is 2.14. The molecule has 1 N–H and O–H groups in total. The van der Waals surface area contributed by atoms with Crippen molar-refractivity contribution >= 4 is 11.6 Å². The Balaban J connectivity index is 2.22. The molecule has 104 valence electrons. The molecule has 0 radical (unpaired) electrons. The number of amides is 1. The molecule has 1 amide bonds. The molecular formula is C15H21NO3. The van der Waals surface area contributed by atoms with Gasteiger partial charge in [0.05, 0.1) is 24.3 Å². The summed E-state index contributed by atoms with van der Waals surface area (Å²) in [6, 6.07) is 5.88. The van der Waals surface area contributed by atoms with Crippen LogP contribution in [0.4, 0.5) is 5.69 Å². The Bertz CT molecular complexity index is 477. The maximum Gasteiger partial charge on any atom is 0.230 e. The first-order valence-electron chi connectivity index (χ1n) is 6.61. The lowest BCUT2D eigenvalue weighted by Gasteiger charge is -2.19. The van der Waals surface area contributed by atoms with Crippen LogP contribution in [0.25, 0.3) is 0 Å². The van der Waals surface area contributed by atoms with Gasteiger partial charge in [0.25, 0.3) is 0 Å². The average Bonchev–Trinajstić information content (AvgIpc) is 2.47. The highest BCUT2D eigenvalue weighted by Gasteiger charge is 2.20. The average molecular weight is 263 g/mol. The third-order valence-corrected chi connectivity index (χ3v) is 3.36. The minimum absolute atomic E-state index is 0.0680. The first-order valence-corrected chi connectivity index (χ1v) is 6.61. The third kappa shape index (κ3) is 3.47. The van der Waals surface area contributed by atoms with Crippen LogP contribution in [0.2, 0.25) is 0 Å². The van der Waals surface area contributed by atoms with Gasteiger partial charge in [0, 0.05) is 7.05 Å². The number of aryl methyl sites for hydroxylation is 1. The molecule has 19 heavy (non-hydrogen) atoms. The fraction of sp³-hybridized carbons (Fsp3) is 0.533. The minimum atomic E-state index is -0.676. The molecule has 0 aromatic heterocycles. The fourth-order valence-corrected chi connectivity index (χ4v) is 2.10. The van der Waals surface area contributed by atoms with Gasteiger partial charge in [-0.3, -0.25) is 4.79 Å². The summed E-state index contributed by atoms with van der Waals surface area (Å²) >= 11 is 0. The van der Waals surface area contributed by atoms with Crippen molar-refractivity contribution in [3.63, 3.8) is 0 Å². The Kier molecular flexibility index (Phi) is 3.80. The van der Waals surface area contributed by atoms with Crippen molar-refractivity contribution in [2.45, 2.75) is 38.7 Å². The van der Waals surface area contributed by atoms with Crippen LogP contribution in [0.15, 0.2) is 18.2 Å². The molecule has 1 aromatic carbocycles. The van der Waals surface area contributed by atoms with E-state index in [0.717, 1.165) is 23.4 Å². The van der Waals surface area contributed by atoms with E-state index >= 15 is 0 Å². The molecule has 1 aromatic rings.